The zero-order chi connectivity index (χ0) is 20.6. The summed E-state index contributed by atoms with van der Waals surface area (Å²) in [6.45, 7) is 5.83. The number of fused-ring (bicyclic) bond motifs is 2. The van der Waals surface area contributed by atoms with Crippen LogP contribution < -0.4 is 0 Å². The van der Waals surface area contributed by atoms with Crippen LogP contribution in [0.1, 0.15) is 51.0 Å². The second-order valence-corrected chi connectivity index (χ2v) is 12.2. The Bertz CT molecular complexity index is 941. The molecule has 4 rings (SSSR count). The number of benzene rings is 2. The zero-order valence-electron chi connectivity index (χ0n) is 17.2. The van der Waals surface area contributed by atoms with E-state index < -0.39 is 14.6 Å². The summed E-state index contributed by atoms with van der Waals surface area (Å²) in [6.07, 6.45) is 4.08. The first-order chi connectivity index (χ1) is 13.8. The predicted octanol–water partition coefficient (Wildman–Crippen LogP) is 5.55. The van der Waals surface area contributed by atoms with E-state index >= 15 is 0 Å². The highest BCUT2D eigenvalue weighted by atomic mass is 35.5. The number of rotatable bonds is 7. The second-order valence-electron chi connectivity index (χ2n) is 9.22. The van der Waals surface area contributed by atoms with Crippen LogP contribution in [-0.2, 0) is 9.84 Å². The molecule has 1 heterocycles. The molecule has 0 amide bonds. The summed E-state index contributed by atoms with van der Waals surface area (Å²) in [5.74, 6) is 1.44. The van der Waals surface area contributed by atoms with E-state index in [0.717, 1.165) is 25.4 Å². The van der Waals surface area contributed by atoms with Gasteiger partial charge in [-0.1, -0.05) is 41.9 Å². The lowest BCUT2D eigenvalue weighted by atomic mass is 9.87. The van der Waals surface area contributed by atoms with Gasteiger partial charge in [-0.15, -0.1) is 0 Å². The molecule has 1 aliphatic heterocycles. The molecule has 2 aromatic rings. The molecule has 1 aliphatic carbocycles. The van der Waals surface area contributed by atoms with Crippen LogP contribution in [0.4, 0.5) is 0 Å². The molecule has 29 heavy (non-hydrogen) atoms. The quantitative estimate of drug-likeness (QED) is 0.576. The van der Waals surface area contributed by atoms with Crippen molar-refractivity contribution in [1.29, 1.82) is 0 Å². The van der Waals surface area contributed by atoms with E-state index in [1.54, 1.807) is 24.3 Å². The molecule has 2 bridgehead atoms. The van der Waals surface area contributed by atoms with Gasteiger partial charge in [-0.05, 0) is 87.7 Å². The molecule has 2 fully saturated rings. The van der Waals surface area contributed by atoms with Crippen LogP contribution in [0.2, 0.25) is 5.02 Å². The minimum Gasteiger partial charge on any atom is -0.300 e. The van der Waals surface area contributed by atoms with Crippen molar-refractivity contribution >= 4 is 21.4 Å². The topological polar surface area (TPSA) is 37.4 Å². The minimum atomic E-state index is -3.38. The van der Waals surface area contributed by atoms with E-state index in [0.29, 0.717) is 28.3 Å². The van der Waals surface area contributed by atoms with Crippen LogP contribution in [0.15, 0.2) is 59.5 Å². The van der Waals surface area contributed by atoms with E-state index in [2.05, 4.69) is 35.2 Å². The molecular formula is C24H30ClNO2S. The lowest BCUT2D eigenvalue weighted by Crippen LogP contribution is -2.37. The summed E-state index contributed by atoms with van der Waals surface area (Å²) in [6, 6.07) is 18.1. The largest absolute Gasteiger partial charge is 0.300 e. The first-order valence-corrected chi connectivity index (χ1v) is 12.4. The molecule has 0 N–H and O–H groups in total. The lowest BCUT2D eigenvalue weighted by Gasteiger charge is -2.33. The van der Waals surface area contributed by atoms with Gasteiger partial charge < -0.3 is 4.90 Å². The van der Waals surface area contributed by atoms with Crippen molar-refractivity contribution in [1.82, 2.24) is 4.90 Å². The van der Waals surface area contributed by atoms with Crippen molar-refractivity contribution in [2.24, 2.45) is 5.92 Å². The first-order valence-electron chi connectivity index (χ1n) is 10.6. The molecule has 2 aliphatic rings. The standard InChI is InChI=1S/C24H30ClNO2S/c1-24(2,29(27,28)22-11-9-20(25)10-12-22)13-6-14-26-17-19-15-21(26)16-23(19)18-7-4-3-5-8-18/h3-5,7-12,19,21,23H,6,13-17H2,1-2H3/t19-,21-,23+/m0/s1. The Labute approximate surface area is 180 Å². The van der Waals surface area contributed by atoms with Crippen molar-refractivity contribution in [2.45, 2.75) is 61.1 Å². The summed E-state index contributed by atoms with van der Waals surface area (Å²) >= 11 is 5.91. The van der Waals surface area contributed by atoms with Gasteiger partial charge in [0.25, 0.3) is 0 Å². The smallest absolute Gasteiger partial charge is 0.183 e. The molecule has 5 heteroatoms. The summed E-state index contributed by atoms with van der Waals surface area (Å²) < 4.78 is 25.3. The van der Waals surface area contributed by atoms with Gasteiger partial charge in [0.1, 0.15) is 0 Å². The van der Waals surface area contributed by atoms with Crippen LogP contribution >= 0.6 is 11.6 Å². The Balaban J connectivity index is 1.32. The average Bonchev–Trinajstić information content (AvgIpc) is 3.29. The highest BCUT2D eigenvalue weighted by Crippen LogP contribution is 2.47. The van der Waals surface area contributed by atoms with Crippen LogP contribution in [-0.4, -0.2) is 37.2 Å². The van der Waals surface area contributed by atoms with Crippen LogP contribution in [0.5, 0.6) is 0 Å². The second kappa shape index (κ2) is 8.05. The Kier molecular flexibility index (Phi) is 5.80. The maximum absolute atomic E-state index is 13.1. The van der Waals surface area contributed by atoms with Gasteiger partial charge in [-0.25, -0.2) is 8.42 Å². The Hall–Kier alpha value is -1.36. The van der Waals surface area contributed by atoms with Crippen molar-refractivity contribution in [2.75, 3.05) is 13.1 Å². The van der Waals surface area contributed by atoms with Gasteiger partial charge in [0.2, 0.25) is 0 Å². The average molecular weight is 432 g/mol. The molecule has 1 saturated heterocycles. The number of likely N-dealkylation sites (tertiary alicyclic amines) is 1. The molecule has 1 saturated carbocycles. The number of hydrogen-bond acceptors (Lipinski definition) is 3. The van der Waals surface area contributed by atoms with Crippen molar-refractivity contribution < 1.29 is 8.42 Å². The molecule has 3 nitrogen and oxygen atoms in total. The number of nitrogens with zero attached hydrogens (tertiary/aromatic N) is 1. The van der Waals surface area contributed by atoms with Gasteiger partial charge in [-0.3, -0.25) is 0 Å². The summed E-state index contributed by atoms with van der Waals surface area (Å²) in [5, 5.41) is 0.555. The highest BCUT2D eigenvalue weighted by Gasteiger charge is 2.45. The predicted molar refractivity (Wildman–Crippen MR) is 119 cm³/mol. The zero-order valence-corrected chi connectivity index (χ0v) is 18.8. The number of piperidine rings is 1. The van der Waals surface area contributed by atoms with E-state index in [9.17, 15) is 8.42 Å². The van der Waals surface area contributed by atoms with E-state index in [1.165, 1.54) is 18.4 Å². The molecule has 0 spiro atoms. The van der Waals surface area contributed by atoms with E-state index in [-0.39, 0.29) is 0 Å². The van der Waals surface area contributed by atoms with Crippen molar-refractivity contribution in [3.8, 4) is 0 Å². The molecule has 2 aromatic carbocycles. The number of halogens is 1. The highest BCUT2D eigenvalue weighted by molar-refractivity contribution is 7.92. The Morgan fingerprint density at radius 2 is 1.72 bits per heavy atom. The van der Waals surface area contributed by atoms with Crippen molar-refractivity contribution in [3.05, 3.63) is 65.2 Å². The van der Waals surface area contributed by atoms with Crippen LogP contribution in [0.25, 0.3) is 0 Å². The van der Waals surface area contributed by atoms with Crippen molar-refractivity contribution in [3.63, 3.8) is 0 Å². The van der Waals surface area contributed by atoms with Crippen LogP contribution in [0, 0.1) is 5.92 Å². The van der Waals surface area contributed by atoms with Gasteiger partial charge in [0.15, 0.2) is 9.84 Å². The number of hydrogen-bond donors (Lipinski definition) is 0. The summed E-state index contributed by atoms with van der Waals surface area (Å²) in [7, 11) is -3.38. The summed E-state index contributed by atoms with van der Waals surface area (Å²) in [4.78, 5) is 2.95. The Morgan fingerprint density at radius 1 is 1.03 bits per heavy atom. The molecule has 3 atom stereocenters. The van der Waals surface area contributed by atoms with Gasteiger partial charge in [0, 0.05) is 17.6 Å². The van der Waals surface area contributed by atoms with Gasteiger partial charge in [0.05, 0.1) is 9.64 Å². The first kappa shape index (κ1) is 20.9. The summed E-state index contributed by atoms with van der Waals surface area (Å²) in [5.41, 5.74) is 1.48. The van der Waals surface area contributed by atoms with Crippen LogP contribution in [0.3, 0.4) is 0 Å². The van der Waals surface area contributed by atoms with E-state index in [1.807, 2.05) is 13.8 Å². The molecule has 0 aromatic heterocycles. The fraction of sp³-hybridized carbons (Fsp3) is 0.500. The monoisotopic (exact) mass is 431 g/mol. The fourth-order valence-corrected chi connectivity index (χ4v) is 6.87. The van der Waals surface area contributed by atoms with E-state index in [4.69, 9.17) is 11.6 Å². The third kappa shape index (κ3) is 4.12. The fourth-order valence-electron chi connectivity index (χ4n) is 5.20. The number of sulfone groups is 1. The Morgan fingerprint density at radius 3 is 2.34 bits per heavy atom. The third-order valence-electron chi connectivity index (χ3n) is 6.96. The molecular weight excluding hydrogens is 402 g/mol. The SMILES string of the molecule is CC(C)(CCCN1C[C@@H]2C[C@H]1C[C@@H]2c1ccccc1)S(=O)(=O)c1ccc(Cl)cc1. The maximum atomic E-state index is 13.1. The van der Waals surface area contributed by atoms with Gasteiger partial charge >= 0.3 is 0 Å². The molecule has 0 unspecified atom stereocenters. The maximum Gasteiger partial charge on any atom is 0.183 e. The normalized spacial score (nSPS) is 24.9. The molecule has 156 valence electrons. The third-order valence-corrected chi connectivity index (χ3v) is 9.76. The van der Waals surface area contributed by atoms with Gasteiger partial charge in [-0.2, -0.15) is 0 Å². The lowest BCUT2D eigenvalue weighted by molar-refractivity contribution is 0.194. The minimum absolute atomic E-state index is 0.359. The molecule has 0 radical (unpaired) electrons.